The minimum absolute atomic E-state index is 0.156. The molecule has 92 valence electrons. The molecule has 0 aromatic carbocycles. The number of aromatic amines is 1. The van der Waals surface area contributed by atoms with Gasteiger partial charge >= 0.3 is 0 Å². The first-order valence-corrected chi connectivity index (χ1v) is 6.37. The summed E-state index contributed by atoms with van der Waals surface area (Å²) in [5, 5.41) is 10.1. The molecule has 0 aliphatic carbocycles. The minimum Gasteiger partial charge on any atom is -0.284 e. The molecule has 8 heteroatoms. The second-order valence-corrected chi connectivity index (χ2v) is 5.76. The molecule has 17 heavy (non-hydrogen) atoms. The van der Waals surface area contributed by atoms with Crippen LogP contribution in [0.15, 0.2) is 29.7 Å². The monoisotopic (exact) mass is 255 g/mol. The molecule has 2 rings (SSSR count). The lowest BCUT2D eigenvalue weighted by Crippen LogP contribution is -2.26. The number of hydrogen-bond donors (Lipinski definition) is 1. The van der Waals surface area contributed by atoms with Crippen LogP contribution in [0.3, 0.4) is 0 Å². The van der Waals surface area contributed by atoms with Crippen molar-refractivity contribution in [3.63, 3.8) is 0 Å². The number of nitrogens with one attached hydrogen (secondary N) is 1. The van der Waals surface area contributed by atoms with Crippen molar-refractivity contribution in [1.29, 1.82) is 0 Å². The summed E-state index contributed by atoms with van der Waals surface area (Å²) >= 11 is 0. The zero-order chi connectivity index (χ0) is 12.5. The third kappa shape index (κ3) is 2.37. The summed E-state index contributed by atoms with van der Waals surface area (Å²) in [6, 6.07) is 0. The quantitative estimate of drug-likeness (QED) is 0.831. The van der Waals surface area contributed by atoms with Gasteiger partial charge in [0.2, 0.25) is 10.0 Å². The van der Waals surface area contributed by atoms with E-state index in [-0.39, 0.29) is 11.4 Å². The van der Waals surface area contributed by atoms with Crippen LogP contribution in [0.1, 0.15) is 5.56 Å². The molecule has 1 N–H and O–H groups in total. The van der Waals surface area contributed by atoms with Gasteiger partial charge in [-0.05, 0) is 0 Å². The van der Waals surface area contributed by atoms with E-state index in [1.807, 2.05) is 0 Å². The molecule has 0 radical (unpaired) electrons. The largest absolute Gasteiger partial charge is 0.284 e. The van der Waals surface area contributed by atoms with Crippen molar-refractivity contribution in [2.45, 2.75) is 11.4 Å². The number of H-pyrrole nitrogens is 1. The summed E-state index contributed by atoms with van der Waals surface area (Å²) in [5.41, 5.74) is 0.835. The summed E-state index contributed by atoms with van der Waals surface area (Å²) in [6.07, 6.45) is 6.06. The van der Waals surface area contributed by atoms with Gasteiger partial charge in [0, 0.05) is 38.6 Å². The zero-order valence-electron chi connectivity index (χ0n) is 9.53. The fourth-order valence-electron chi connectivity index (χ4n) is 1.46. The van der Waals surface area contributed by atoms with Gasteiger partial charge in [0.1, 0.15) is 4.90 Å². The van der Waals surface area contributed by atoms with Crippen LogP contribution in [-0.2, 0) is 23.6 Å². The topological polar surface area (TPSA) is 83.9 Å². The van der Waals surface area contributed by atoms with Crippen LogP contribution in [0.5, 0.6) is 0 Å². The highest BCUT2D eigenvalue weighted by molar-refractivity contribution is 7.89. The van der Waals surface area contributed by atoms with E-state index in [4.69, 9.17) is 0 Å². The maximum atomic E-state index is 12.0. The Hall–Kier alpha value is -1.67. The van der Waals surface area contributed by atoms with Crippen molar-refractivity contribution < 1.29 is 8.42 Å². The smallest absolute Gasteiger partial charge is 0.246 e. The lowest BCUT2D eigenvalue weighted by Gasteiger charge is -2.14. The predicted octanol–water partition coefficient (Wildman–Crippen LogP) is -0.0361. The summed E-state index contributed by atoms with van der Waals surface area (Å²) in [7, 11) is -0.173. The molecule has 2 aromatic rings. The fourth-order valence-corrected chi connectivity index (χ4v) is 2.52. The molecule has 2 aromatic heterocycles. The first-order chi connectivity index (χ1) is 8.00. The van der Waals surface area contributed by atoms with Gasteiger partial charge in [-0.1, -0.05) is 0 Å². The van der Waals surface area contributed by atoms with Crippen molar-refractivity contribution >= 4 is 10.0 Å². The summed E-state index contributed by atoms with van der Waals surface area (Å²) in [4.78, 5) is 0.156. The van der Waals surface area contributed by atoms with Crippen LogP contribution in [0.2, 0.25) is 0 Å². The first-order valence-electron chi connectivity index (χ1n) is 4.93. The van der Waals surface area contributed by atoms with Crippen molar-refractivity contribution in [2.24, 2.45) is 7.05 Å². The molecule has 0 unspecified atom stereocenters. The Bertz CT molecular complexity index is 587. The van der Waals surface area contributed by atoms with Gasteiger partial charge in [-0.2, -0.15) is 14.5 Å². The highest BCUT2D eigenvalue weighted by Crippen LogP contribution is 2.14. The van der Waals surface area contributed by atoms with Crippen molar-refractivity contribution in [1.82, 2.24) is 24.3 Å². The summed E-state index contributed by atoms with van der Waals surface area (Å²) in [5.74, 6) is 0. The maximum Gasteiger partial charge on any atom is 0.246 e. The number of sulfonamides is 1. The van der Waals surface area contributed by atoms with E-state index in [2.05, 4.69) is 15.3 Å². The molecular formula is C9H13N5O2S. The number of aryl methyl sites for hydroxylation is 1. The molecule has 0 amide bonds. The molecule has 2 heterocycles. The van der Waals surface area contributed by atoms with Gasteiger partial charge in [-0.15, -0.1) is 0 Å². The molecule has 0 saturated carbocycles. The van der Waals surface area contributed by atoms with Crippen molar-refractivity contribution in [3.05, 3.63) is 30.4 Å². The van der Waals surface area contributed by atoms with Gasteiger partial charge in [0.05, 0.1) is 12.4 Å². The van der Waals surface area contributed by atoms with E-state index in [1.54, 1.807) is 24.1 Å². The molecule has 0 aliphatic rings. The summed E-state index contributed by atoms with van der Waals surface area (Å²) in [6.45, 7) is 0.279. The third-order valence-electron chi connectivity index (χ3n) is 2.34. The van der Waals surface area contributed by atoms with Crippen LogP contribution in [0.4, 0.5) is 0 Å². The van der Waals surface area contributed by atoms with Gasteiger partial charge < -0.3 is 0 Å². The molecule has 0 fully saturated rings. The summed E-state index contributed by atoms with van der Waals surface area (Å²) < 4.78 is 27.0. The highest BCUT2D eigenvalue weighted by Gasteiger charge is 2.22. The molecule has 0 bridgehead atoms. The molecule has 0 atom stereocenters. The highest BCUT2D eigenvalue weighted by atomic mass is 32.2. The van der Waals surface area contributed by atoms with Crippen LogP contribution < -0.4 is 0 Å². The fraction of sp³-hybridized carbons (Fsp3) is 0.333. The Balaban J connectivity index is 2.18. The average Bonchev–Trinajstić information content (AvgIpc) is 2.89. The van der Waals surface area contributed by atoms with Crippen LogP contribution >= 0.6 is 0 Å². The lowest BCUT2D eigenvalue weighted by atomic mass is 10.4. The van der Waals surface area contributed by atoms with Gasteiger partial charge in [-0.25, -0.2) is 8.42 Å². The average molecular weight is 255 g/mol. The van der Waals surface area contributed by atoms with Crippen LogP contribution in [-0.4, -0.2) is 39.7 Å². The van der Waals surface area contributed by atoms with E-state index in [0.717, 1.165) is 5.56 Å². The van der Waals surface area contributed by atoms with Crippen molar-refractivity contribution in [2.75, 3.05) is 7.05 Å². The maximum absolute atomic E-state index is 12.0. The van der Waals surface area contributed by atoms with Crippen LogP contribution in [0.25, 0.3) is 0 Å². The van der Waals surface area contributed by atoms with E-state index >= 15 is 0 Å². The standard InChI is InChI=1S/C9H13N5O2S/c1-13-6-8(3-12-13)7-14(2)17(15,16)9-4-10-11-5-9/h3-6H,7H2,1-2H3,(H,10,11). The van der Waals surface area contributed by atoms with Gasteiger partial charge in [-0.3, -0.25) is 9.78 Å². The minimum atomic E-state index is -3.48. The lowest BCUT2D eigenvalue weighted by molar-refractivity contribution is 0.466. The molecule has 0 aliphatic heterocycles. The number of aromatic nitrogens is 4. The Morgan fingerprint density at radius 2 is 2.24 bits per heavy atom. The Morgan fingerprint density at radius 3 is 2.76 bits per heavy atom. The van der Waals surface area contributed by atoms with Gasteiger partial charge in [0.15, 0.2) is 0 Å². The Morgan fingerprint density at radius 1 is 1.47 bits per heavy atom. The molecule has 0 spiro atoms. The zero-order valence-corrected chi connectivity index (χ0v) is 10.3. The van der Waals surface area contributed by atoms with E-state index < -0.39 is 10.0 Å². The van der Waals surface area contributed by atoms with E-state index in [0.29, 0.717) is 0 Å². The van der Waals surface area contributed by atoms with E-state index in [9.17, 15) is 8.42 Å². The third-order valence-corrected chi connectivity index (χ3v) is 4.11. The predicted molar refractivity (Wildman–Crippen MR) is 60.4 cm³/mol. The molecular weight excluding hydrogens is 242 g/mol. The first kappa shape index (κ1) is 11.8. The SMILES string of the molecule is CN(Cc1cnn(C)c1)S(=O)(=O)c1cn[nH]c1. The molecule has 7 nitrogen and oxygen atoms in total. The van der Waals surface area contributed by atoms with E-state index in [1.165, 1.54) is 23.7 Å². The Labute approximate surface area is 99.1 Å². The van der Waals surface area contributed by atoms with Crippen LogP contribution in [0, 0.1) is 0 Å². The second kappa shape index (κ2) is 4.30. The van der Waals surface area contributed by atoms with Crippen molar-refractivity contribution in [3.8, 4) is 0 Å². The Kier molecular flexibility index (Phi) is 2.99. The molecule has 0 saturated heterocycles. The number of rotatable bonds is 4. The number of nitrogens with zero attached hydrogens (tertiary/aromatic N) is 4. The number of hydrogen-bond acceptors (Lipinski definition) is 4. The van der Waals surface area contributed by atoms with Gasteiger partial charge in [0.25, 0.3) is 0 Å². The second-order valence-electron chi connectivity index (χ2n) is 3.72. The normalized spacial score (nSPS) is 12.2.